The van der Waals surface area contributed by atoms with Crippen molar-refractivity contribution in [1.82, 2.24) is 4.57 Å². The van der Waals surface area contributed by atoms with Crippen LogP contribution in [0.5, 0.6) is 0 Å². The van der Waals surface area contributed by atoms with Crippen molar-refractivity contribution in [3.63, 3.8) is 0 Å². The number of ketones is 1. The molecule has 0 bridgehead atoms. The van der Waals surface area contributed by atoms with Gasteiger partial charge < -0.3 is 9.30 Å². The molecule has 3 unspecified atom stereocenters. The van der Waals surface area contributed by atoms with Crippen LogP contribution in [0.15, 0.2) is 6.07 Å². The molecule has 0 N–H and O–H groups in total. The fourth-order valence-electron chi connectivity index (χ4n) is 3.13. The molecular formula is C15H22ClNO2. The van der Waals surface area contributed by atoms with Gasteiger partial charge in [-0.15, -0.1) is 11.6 Å². The lowest BCUT2D eigenvalue weighted by Crippen LogP contribution is -2.38. The molecule has 1 aromatic heterocycles. The maximum Gasteiger partial charge on any atom is 0.182 e. The zero-order valence-corrected chi connectivity index (χ0v) is 13.0. The minimum absolute atomic E-state index is 0.00353. The van der Waals surface area contributed by atoms with Crippen LogP contribution in [-0.2, 0) is 10.3 Å². The molecule has 1 aliphatic heterocycles. The first kappa shape index (κ1) is 14.6. The number of rotatable bonds is 3. The van der Waals surface area contributed by atoms with Crippen LogP contribution in [0.1, 0.15) is 48.9 Å². The fourth-order valence-corrected chi connectivity index (χ4v) is 3.25. The highest BCUT2D eigenvalue weighted by Gasteiger charge is 2.40. The molecule has 0 aromatic carbocycles. The SMILES string of the molecule is Cc1cc(C(=O)C(C)Cl)c(C)n1C1(C)CCOC1C. The van der Waals surface area contributed by atoms with E-state index in [1.54, 1.807) is 6.92 Å². The van der Waals surface area contributed by atoms with Crippen molar-refractivity contribution in [2.24, 2.45) is 0 Å². The Morgan fingerprint density at radius 2 is 2.21 bits per heavy atom. The number of aryl methyl sites for hydroxylation is 1. The van der Waals surface area contributed by atoms with Crippen LogP contribution in [0.3, 0.4) is 0 Å². The predicted molar refractivity (Wildman–Crippen MR) is 77.2 cm³/mol. The van der Waals surface area contributed by atoms with E-state index in [1.165, 1.54) is 0 Å². The van der Waals surface area contributed by atoms with E-state index < -0.39 is 5.38 Å². The Morgan fingerprint density at radius 1 is 1.58 bits per heavy atom. The van der Waals surface area contributed by atoms with E-state index in [4.69, 9.17) is 16.3 Å². The van der Waals surface area contributed by atoms with Gasteiger partial charge in [0.15, 0.2) is 5.78 Å². The molecule has 2 rings (SSSR count). The van der Waals surface area contributed by atoms with Crippen molar-refractivity contribution in [3.05, 3.63) is 23.0 Å². The summed E-state index contributed by atoms with van der Waals surface area (Å²) in [5.41, 5.74) is 2.75. The van der Waals surface area contributed by atoms with Crippen LogP contribution in [0.4, 0.5) is 0 Å². The summed E-state index contributed by atoms with van der Waals surface area (Å²) in [7, 11) is 0. The van der Waals surface area contributed by atoms with Gasteiger partial charge in [-0.05, 0) is 47.1 Å². The molecular weight excluding hydrogens is 262 g/mol. The third kappa shape index (κ3) is 2.23. The van der Waals surface area contributed by atoms with Gasteiger partial charge in [-0.2, -0.15) is 0 Å². The van der Waals surface area contributed by atoms with E-state index in [0.717, 1.165) is 30.0 Å². The molecule has 3 nitrogen and oxygen atoms in total. The van der Waals surface area contributed by atoms with Gasteiger partial charge in [0.2, 0.25) is 0 Å². The average molecular weight is 284 g/mol. The maximum absolute atomic E-state index is 12.2. The molecule has 0 spiro atoms. The molecule has 3 atom stereocenters. The Balaban J connectivity index is 2.51. The summed E-state index contributed by atoms with van der Waals surface area (Å²) in [5.74, 6) is -0.00353. The number of carbonyl (C=O) groups is 1. The summed E-state index contributed by atoms with van der Waals surface area (Å²) < 4.78 is 7.97. The fraction of sp³-hybridized carbons (Fsp3) is 0.667. The van der Waals surface area contributed by atoms with Crippen molar-refractivity contribution in [2.75, 3.05) is 6.61 Å². The quantitative estimate of drug-likeness (QED) is 0.628. The number of nitrogens with zero attached hydrogens (tertiary/aromatic N) is 1. The maximum atomic E-state index is 12.2. The van der Waals surface area contributed by atoms with E-state index in [2.05, 4.69) is 18.4 Å². The lowest BCUT2D eigenvalue weighted by molar-refractivity contribution is 0.0744. The predicted octanol–water partition coefficient (Wildman–Crippen LogP) is 3.44. The van der Waals surface area contributed by atoms with Crippen LogP contribution in [0.2, 0.25) is 0 Å². The minimum Gasteiger partial charge on any atom is -0.376 e. The molecule has 19 heavy (non-hydrogen) atoms. The Morgan fingerprint density at radius 3 is 2.68 bits per heavy atom. The van der Waals surface area contributed by atoms with E-state index in [1.807, 2.05) is 19.9 Å². The molecule has 2 heterocycles. The normalized spacial score (nSPS) is 28.6. The lowest BCUT2D eigenvalue weighted by Gasteiger charge is -2.33. The standard InChI is InChI=1S/C15H22ClNO2/c1-9-8-13(14(18)10(2)16)11(3)17(9)15(5)6-7-19-12(15)4/h8,10,12H,6-7H2,1-5H3. The summed E-state index contributed by atoms with van der Waals surface area (Å²) in [5, 5.41) is -0.487. The van der Waals surface area contributed by atoms with Crippen LogP contribution >= 0.6 is 11.6 Å². The van der Waals surface area contributed by atoms with Crippen molar-refractivity contribution >= 4 is 17.4 Å². The molecule has 0 saturated carbocycles. The number of hydrogen-bond donors (Lipinski definition) is 0. The van der Waals surface area contributed by atoms with Gasteiger partial charge >= 0.3 is 0 Å². The number of aromatic nitrogens is 1. The summed E-state index contributed by atoms with van der Waals surface area (Å²) in [4.78, 5) is 12.2. The van der Waals surface area contributed by atoms with Crippen LogP contribution in [-0.4, -0.2) is 28.4 Å². The molecule has 0 radical (unpaired) electrons. The molecule has 1 saturated heterocycles. The van der Waals surface area contributed by atoms with Crippen LogP contribution < -0.4 is 0 Å². The summed E-state index contributed by atoms with van der Waals surface area (Å²) in [6.45, 7) is 10.8. The van der Waals surface area contributed by atoms with Gasteiger partial charge in [-0.25, -0.2) is 0 Å². The molecule has 106 valence electrons. The lowest BCUT2D eigenvalue weighted by atomic mass is 9.93. The van der Waals surface area contributed by atoms with E-state index in [-0.39, 0.29) is 17.4 Å². The van der Waals surface area contributed by atoms with Gasteiger partial charge in [-0.3, -0.25) is 4.79 Å². The molecule has 1 aromatic rings. The number of carbonyl (C=O) groups excluding carboxylic acids is 1. The molecule has 4 heteroatoms. The highest BCUT2D eigenvalue weighted by molar-refractivity contribution is 6.33. The first-order valence-electron chi connectivity index (χ1n) is 6.78. The molecule has 0 aliphatic carbocycles. The highest BCUT2D eigenvalue weighted by atomic mass is 35.5. The number of hydrogen-bond acceptors (Lipinski definition) is 2. The third-order valence-electron chi connectivity index (χ3n) is 4.42. The van der Waals surface area contributed by atoms with Gasteiger partial charge in [0, 0.05) is 23.6 Å². The zero-order valence-electron chi connectivity index (χ0n) is 12.3. The summed E-state index contributed by atoms with van der Waals surface area (Å²) in [6, 6.07) is 1.95. The Kier molecular flexibility index (Phi) is 3.80. The van der Waals surface area contributed by atoms with E-state index >= 15 is 0 Å². The first-order valence-corrected chi connectivity index (χ1v) is 7.22. The second-order valence-electron chi connectivity index (χ2n) is 5.72. The summed E-state index contributed by atoms with van der Waals surface area (Å²) in [6.07, 6.45) is 1.11. The monoisotopic (exact) mass is 283 g/mol. The number of Topliss-reactive ketones (excluding diaryl/α,β-unsaturated/α-hetero) is 1. The Hall–Kier alpha value is -0.800. The second kappa shape index (κ2) is 4.95. The van der Waals surface area contributed by atoms with Crippen molar-refractivity contribution in [1.29, 1.82) is 0 Å². The summed E-state index contributed by atoms with van der Waals surface area (Å²) >= 11 is 5.94. The molecule has 1 aliphatic rings. The van der Waals surface area contributed by atoms with Crippen molar-refractivity contribution < 1.29 is 9.53 Å². The smallest absolute Gasteiger partial charge is 0.182 e. The van der Waals surface area contributed by atoms with E-state index in [9.17, 15) is 4.79 Å². The van der Waals surface area contributed by atoms with Gasteiger partial charge in [-0.1, -0.05) is 0 Å². The van der Waals surface area contributed by atoms with Crippen LogP contribution in [0.25, 0.3) is 0 Å². The van der Waals surface area contributed by atoms with Gasteiger partial charge in [0.1, 0.15) is 0 Å². The number of halogens is 1. The van der Waals surface area contributed by atoms with Crippen molar-refractivity contribution in [2.45, 2.75) is 58.1 Å². The Bertz CT molecular complexity index is 506. The average Bonchev–Trinajstić information content (AvgIpc) is 2.80. The molecule has 0 amide bonds. The number of ether oxygens (including phenoxy) is 1. The second-order valence-corrected chi connectivity index (χ2v) is 6.38. The highest BCUT2D eigenvalue weighted by Crippen LogP contribution is 2.37. The van der Waals surface area contributed by atoms with Gasteiger partial charge in [0.05, 0.1) is 17.0 Å². The zero-order chi connectivity index (χ0) is 14.4. The Labute approximate surface area is 119 Å². The largest absolute Gasteiger partial charge is 0.376 e. The van der Waals surface area contributed by atoms with Crippen molar-refractivity contribution in [3.8, 4) is 0 Å². The minimum atomic E-state index is -0.487. The third-order valence-corrected chi connectivity index (χ3v) is 4.62. The van der Waals surface area contributed by atoms with E-state index in [0.29, 0.717) is 0 Å². The van der Waals surface area contributed by atoms with Crippen LogP contribution in [0, 0.1) is 13.8 Å². The number of alkyl halides is 1. The first-order chi connectivity index (χ1) is 8.79. The topological polar surface area (TPSA) is 31.2 Å². The molecule has 1 fully saturated rings. The van der Waals surface area contributed by atoms with Gasteiger partial charge in [0.25, 0.3) is 0 Å².